The minimum Gasteiger partial charge on any atom is -0.465 e. The van der Waals surface area contributed by atoms with Gasteiger partial charge in [0.1, 0.15) is 0 Å². The van der Waals surface area contributed by atoms with Crippen molar-refractivity contribution in [1.82, 2.24) is 0 Å². The molecule has 0 aliphatic heterocycles. The number of nitro groups is 1. The highest BCUT2D eigenvalue weighted by Gasteiger charge is 2.09. The Balaban J connectivity index is 2.53. The molecule has 1 aromatic carbocycles. The molecule has 0 saturated heterocycles. The normalized spacial score (nSPS) is 9.94. The van der Waals surface area contributed by atoms with E-state index >= 15 is 0 Å². The molecule has 0 bridgehead atoms. The Bertz CT molecular complexity index is 403. The van der Waals surface area contributed by atoms with Gasteiger partial charge in [-0.3, -0.25) is 14.9 Å². The summed E-state index contributed by atoms with van der Waals surface area (Å²) in [6.45, 7) is 2.42. The van der Waals surface area contributed by atoms with Crippen LogP contribution in [0.3, 0.4) is 0 Å². The molecule has 5 nitrogen and oxygen atoms in total. The average molecular weight is 237 g/mol. The summed E-state index contributed by atoms with van der Waals surface area (Å²) in [5.41, 5.74) is 0.588. The molecule has 0 N–H and O–H groups in total. The maximum atomic E-state index is 11.4. The van der Waals surface area contributed by atoms with Crippen LogP contribution in [0.5, 0.6) is 0 Å². The number of hydrogen-bond donors (Lipinski definition) is 0. The number of carbonyl (C=O) groups is 1. The number of nitro benzene ring substituents is 1. The summed E-state index contributed by atoms with van der Waals surface area (Å²) in [5, 5.41) is 10.5. The summed E-state index contributed by atoms with van der Waals surface area (Å²) < 4.78 is 4.98. The van der Waals surface area contributed by atoms with Gasteiger partial charge in [-0.1, -0.05) is 25.5 Å². The van der Waals surface area contributed by atoms with Crippen molar-refractivity contribution in [2.75, 3.05) is 6.61 Å². The summed E-state index contributed by atoms with van der Waals surface area (Å²) >= 11 is 0. The Morgan fingerprint density at radius 3 is 2.88 bits per heavy atom. The lowest BCUT2D eigenvalue weighted by molar-refractivity contribution is -0.384. The van der Waals surface area contributed by atoms with Crippen LogP contribution in [0, 0.1) is 10.1 Å². The maximum absolute atomic E-state index is 11.4. The van der Waals surface area contributed by atoms with Gasteiger partial charge in [0.15, 0.2) is 0 Å². The van der Waals surface area contributed by atoms with Crippen molar-refractivity contribution in [3.8, 4) is 0 Å². The molecule has 1 rings (SSSR count). The molecular formula is C12H15NO4. The Morgan fingerprint density at radius 2 is 2.24 bits per heavy atom. The van der Waals surface area contributed by atoms with Gasteiger partial charge in [-0.05, 0) is 12.0 Å². The zero-order chi connectivity index (χ0) is 12.7. The molecule has 0 spiro atoms. The predicted octanol–water partition coefficient (Wildman–Crippen LogP) is 2.48. The van der Waals surface area contributed by atoms with Crippen molar-refractivity contribution >= 4 is 11.7 Å². The summed E-state index contributed by atoms with van der Waals surface area (Å²) in [6, 6.07) is 6.02. The molecular weight excluding hydrogens is 222 g/mol. The zero-order valence-electron chi connectivity index (χ0n) is 9.72. The standard InChI is InChI=1S/C12H15NO4/c1-2-3-7-17-12(14)9-10-5-4-6-11(8-10)13(15)16/h4-6,8H,2-3,7,9H2,1H3. The lowest BCUT2D eigenvalue weighted by atomic mass is 10.1. The number of rotatable bonds is 6. The highest BCUT2D eigenvalue weighted by atomic mass is 16.6. The summed E-state index contributed by atoms with van der Waals surface area (Å²) in [4.78, 5) is 21.4. The van der Waals surface area contributed by atoms with Crippen molar-refractivity contribution in [1.29, 1.82) is 0 Å². The number of benzene rings is 1. The number of non-ortho nitro benzene ring substituents is 1. The van der Waals surface area contributed by atoms with E-state index in [0.717, 1.165) is 12.8 Å². The van der Waals surface area contributed by atoms with Crippen LogP contribution >= 0.6 is 0 Å². The van der Waals surface area contributed by atoms with E-state index in [1.165, 1.54) is 12.1 Å². The summed E-state index contributed by atoms with van der Waals surface area (Å²) in [5.74, 6) is -0.348. The number of unbranched alkanes of at least 4 members (excludes halogenated alkanes) is 1. The lowest BCUT2D eigenvalue weighted by Crippen LogP contribution is -2.09. The quantitative estimate of drug-likeness (QED) is 0.330. The molecule has 0 saturated carbocycles. The van der Waals surface area contributed by atoms with Gasteiger partial charge < -0.3 is 4.74 Å². The highest BCUT2D eigenvalue weighted by molar-refractivity contribution is 5.72. The topological polar surface area (TPSA) is 69.4 Å². The first kappa shape index (κ1) is 13.2. The second-order valence-electron chi connectivity index (χ2n) is 3.68. The van der Waals surface area contributed by atoms with Crippen LogP contribution in [0.25, 0.3) is 0 Å². The second kappa shape index (κ2) is 6.62. The SMILES string of the molecule is CCCCOC(=O)Cc1cccc([N+](=O)[O-])c1. The zero-order valence-corrected chi connectivity index (χ0v) is 9.72. The van der Waals surface area contributed by atoms with E-state index in [4.69, 9.17) is 4.74 Å². The number of carbonyl (C=O) groups excluding carboxylic acids is 1. The fourth-order valence-electron chi connectivity index (χ4n) is 1.33. The van der Waals surface area contributed by atoms with Crippen molar-refractivity contribution in [3.05, 3.63) is 39.9 Å². The third kappa shape index (κ3) is 4.63. The molecule has 0 unspecified atom stereocenters. The van der Waals surface area contributed by atoms with Gasteiger partial charge in [0, 0.05) is 12.1 Å². The molecule has 0 aliphatic carbocycles. The van der Waals surface area contributed by atoms with Gasteiger partial charge in [-0.2, -0.15) is 0 Å². The third-order valence-corrected chi connectivity index (χ3v) is 2.23. The summed E-state index contributed by atoms with van der Waals surface area (Å²) in [7, 11) is 0. The number of ether oxygens (including phenoxy) is 1. The van der Waals surface area contributed by atoms with Crippen LogP contribution in [-0.4, -0.2) is 17.5 Å². The van der Waals surface area contributed by atoms with E-state index < -0.39 is 4.92 Å². The Labute approximate surface area is 99.5 Å². The molecule has 92 valence electrons. The van der Waals surface area contributed by atoms with E-state index in [1.807, 2.05) is 6.92 Å². The first-order chi connectivity index (χ1) is 8.13. The minimum atomic E-state index is -0.480. The molecule has 0 heterocycles. The minimum absolute atomic E-state index is 0.0103. The van der Waals surface area contributed by atoms with Crippen molar-refractivity contribution in [2.24, 2.45) is 0 Å². The molecule has 5 heteroatoms. The van der Waals surface area contributed by atoms with Gasteiger partial charge in [-0.25, -0.2) is 0 Å². The second-order valence-corrected chi connectivity index (χ2v) is 3.68. The fraction of sp³-hybridized carbons (Fsp3) is 0.417. The van der Waals surface area contributed by atoms with Crippen molar-refractivity contribution in [2.45, 2.75) is 26.2 Å². The van der Waals surface area contributed by atoms with Crippen molar-refractivity contribution < 1.29 is 14.5 Å². The predicted molar refractivity (Wildman–Crippen MR) is 62.7 cm³/mol. The Morgan fingerprint density at radius 1 is 1.47 bits per heavy atom. The smallest absolute Gasteiger partial charge is 0.310 e. The Kier molecular flexibility index (Phi) is 5.13. The van der Waals surface area contributed by atoms with Gasteiger partial charge in [0.2, 0.25) is 0 Å². The maximum Gasteiger partial charge on any atom is 0.310 e. The molecule has 1 aromatic rings. The van der Waals surface area contributed by atoms with Crippen LogP contribution in [0.4, 0.5) is 5.69 Å². The fourth-order valence-corrected chi connectivity index (χ4v) is 1.33. The van der Waals surface area contributed by atoms with Crippen LogP contribution in [0.2, 0.25) is 0 Å². The van der Waals surface area contributed by atoms with E-state index in [0.29, 0.717) is 12.2 Å². The van der Waals surface area contributed by atoms with E-state index in [2.05, 4.69) is 0 Å². The molecule has 17 heavy (non-hydrogen) atoms. The molecule has 0 radical (unpaired) electrons. The lowest BCUT2D eigenvalue weighted by Gasteiger charge is -2.03. The van der Waals surface area contributed by atoms with Crippen molar-refractivity contribution in [3.63, 3.8) is 0 Å². The molecule has 0 amide bonds. The largest absolute Gasteiger partial charge is 0.465 e. The van der Waals surface area contributed by atoms with E-state index in [1.54, 1.807) is 12.1 Å². The van der Waals surface area contributed by atoms with Crippen LogP contribution < -0.4 is 0 Å². The number of hydrogen-bond acceptors (Lipinski definition) is 4. The van der Waals surface area contributed by atoms with Crippen LogP contribution in [0.15, 0.2) is 24.3 Å². The van der Waals surface area contributed by atoms with Gasteiger partial charge in [-0.15, -0.1) is 0 Å². The molecule has 0 atom stereocenters. The highest BCUT2D eigenvalue weighted by Crippen LogP contribution is 2.13. The molecule has 0 aliphatic rings. The van der Waals surface area contributed by atoms with Crippen LogP contribution in [0.1, 0.15) is 25.3 Å². The summed E-state index contributed by atoms with van der Waals surface area (Å²) in [6.07, 6.45) is 1.87. The monoisotopic (exact) mass is 237 g/mol. The van der Waals surface area contributed by atoms with E-state index in [9.17, 15) is 14.9 Å². The first-order valence-electron chi connectivity index (χ1n) is 5.52. The molecule has 0 aromatic heterocycles. The third-order valence-electron chi connectivity index (χ3n) is 2.23. The number of esters is 1. The van der Waals surface area contributed by atoms with Gasteiger partial charge in [0.25, 0.3) is 5.69 Å². The first-order valence-corrected chi connectivity index (χ1v) is 5.52. The van der Waals surface area contributed by atoms with Gasteiger partial charge >= 0.3 is 5.97 Å². The molecule has 0 fully saturated rings. The Hall–Kier alpha value is -1.91. The van der Waals surface area contributed by atoms with Gasteiger partial charge in [0.05, 0.1) is 18.0 Å². The average Bonchev–Trinajstić information content (AvgIpc) is 2.29. The number of nitrogens with zero attached hydrogens (tertiary/aromatic N) is 1. The van der Waals surface area contributed by atoms with E-state index in [-0.39, 0.29) is 18.1 Å². The van der Waals surface area contributed by atoms with Crippen LogP contribution in [-0.2, 0) is 16.0 Å².